The van der Waals surface area contributed by atoms with E-state index in [9.17, 15) is 19.7 Å². The number of amides is 2. The Bertz CT molecular complexity index is 1000. The molecule has 0 saturated carbocycles. The summed E-state index contributed by atoms with van der Waals surface area (Å²) in [5.74, 6) is -0.339. The van der Waals surface area contributed by atoms with Gasteiger partial charge in [-0.25, -0.2) is 0 Å². The Morgan fingerprint density at radius 1 is 1.07 bits per heavy atom. The topological polar surface area (TPSA) is 111 Å². The number of imide groups is 1. The van der Waals surface area contributed by atoms with Gasteiger partial charge in [0.1, 0.15) is 11.4 Å². The third-order valence-electron chi connectivity index (χ3n) is 4.60. The summed E-state index contributed by atoms with van der Waals surface area (Å²) >= 11 is 0. The molecule has 0 aliphatic carbocycles. The number of benzene rings is 2. The molecule has 0 unspecified atom stereocenters. The molecule has 9 heteroatoms. The number of carbonyl (C=O) groups excluding carboxylic acids is 2. The first-order valence-corrected chi connectivity index (χ1v) is 9.21. The summed E-state index contributed by atoms with van der Waals surface area (Å²) in [5.41, 5.74) is 1.16. The third-order valence-corrected chi connectivity index (χ3v) is 4.60. The van der Waals surface area contributed by atoms with Crippen LogP contribution < -0.4 is 10.1 Å². The summed E-state index contributed by atoms with van der Waals surface area (Å²) in [6.45, 7) is 0.605. The number of nitrogens with one attached hydrogen (secondary N) is 1. The lowest BCUT2D eigenvalue weighted by Gasteiger charge is -2.15. The second kappa shape index (κ2) is 9.19. The zero-order valence-corrected chi connectivity index (χ0v) is 16.6. The number of hydrogen-bond acceptors (Lipinski definition) is 7. The third kappa shape index (κ3) is 4.31. The number of methoxy groups -OCH3 is 2. The van der Waals surface area contributed by atoms with Crippen LogP contribution in [-0.2, 0) is 14.3 Å². The van der Waals surface area contributed by atoms with Crippen molar-refractivity contribution in [2.24, 2.45) is 0 Å². The Kier molecular flexibility index (Phi) is 6.43. The molecule has 1 N–H and O–H groups in total. The molecule has 0 radical (unpaired) electrons. The van der Waals surface area contributed by atoms with Gasteiger partial charge in [0.05, 0.1) is 17.6 Å². The number of nitro benzene ring substituents is 1. The smallest absolute Gasteiger partial charge is 0.278 e. The van der Waals surface area contributed by atoms with E-state index in [2.05, 4.69) is 5.32 Å². The Morgan fingerprint density at radius 2 is 1.80 bits per heavy atom. The fourth-order valence-corrected chi connectivity index (χ4v) is 3.12. The summed E-state index contributed by atoms with van der Waals surface area (Å²) in [5, 5.41) is 14.0. The van der Waals surface area contributed by atoms with Gasteiger partial charge in [-0.1, -0.05) is 6.07 Å². The first kappa shape index (κ1) is 21.0. The van der Waals surface area contributed by atoms with E-state index in [0.717, 1.165) is 4.90 Å². The fraction of sp³-hybridized carbons (Fsp3) is 0.238. The van der Waals surface area contributed by atoms with Crippen molar-refractivity contribution in [3.63, 3.8) is 0 Å². The highest BCUT2D eigenvalue weighted by molar-refractivity contribution is 6.36. The largest absolute Gasteiger partial charge is 0.497 e. The van der Waals surface area contributed by atoms with Crippen LogP contribution >= 0.6 is 0 Å². The maximum atomic E-state index is 13.1. The Labute approximate surface area is 173 Å². The predicted octanol–water partition coefficient (Wildman–Crippen LogP) is 2.83. The average Bonchev–Trinajstić information content (AvgIpc) is 2.98. The van der Waals surface area contributed by atoms with Crippen molar-refractivity contribution in [1.29, 1.82) is 0 Å². The molecular formula is C21H21N3O6. The van der Waals surface area contributed by atoms with Crippen molar-refractivity contribution in [3.8, 4) is 5.75 Å². The molecule has 30 heavy (non-hydrogen) atoms. The SMILES string of the molecule is COCCCN1C(=O)C(Nc2cccc(OC)c2)=C(c2ccc([N+](=O)[O-])cc2)C1=O. The summed E-state index contributed by atoms with van der Waals surface area (Å²) in [6.07, 6.45) is 0.494. The van der Waals surface area contributed by atoms with Crippen molar-refractivity contribution in [3.05, 3.63) is 69.9 Å². The van der Waals surface area contributed by atoms with Gasteiger partial charge >= 0.3 is 0 Å². The molecule has 156 valence electrons. The molecule has 1 aliphatic heterocycles. The van der Waals surface area contributed by atoms with Crippen LogP contribution in [0.1, 0.15) is 12.0 Å². The van der Waals surface area contributed by atoms with E-state index in [1.807, 2.05) is 0 Å². The van der Waals surface area contributed by atoms with Gasteiger partial charge in [0.2, 0.25) is 0 Å². The van der Waals surface area contributed by atoms with E-state index >= 15 is 0 Å². The average molecular weight is 411 g/mol. The highest BCUT2D eigenvalue weighted by Gasteiger charge is 2.39. The highest BCUT2D eigenvalue weighted by Crippen LogP contribution is 2.32. The van der Waals surface area contributed by atoms with Crippen LogP contribution in [0, 0.1) is 10.1 Å². The Morgan fingerprint density at radius 3 is 2.43 bits per heavy atom. The lowest BCUT2D eigenvalue weighted by Crippen LogP contribution is -2.33. The minimum atomic E-state index is -0.522. The van der Waals surface area contributed by atoms with E-state index in [4.69, 9.17) is 9.47 Å². The number of hydrogen-bond donors (Lipinski definition) is 1. The van der Waals surface area contributed by atoms with Crippen LogP contribution in [0.4, 0.5) is 11.4 Å². The molecule has 0 bridgehead atoms. The number of ether oxygens (including phenoxy) is 2. The lowest BCUT2D eigenvalue weighted by atomic mass is 10.0. The van der Waals surface area contributed by atoms with Crippen LogP contribution in [0.2, 0.25) is 0 Å². The number of nitro groups is 1. The van der Waals surface area contributed by atoms with E-state index in [1.54, 1.807) is 31.4 Å². The van der Waals surface area contributed by atoms with Gasteiger partial charge in [-0.15, -0.1) is 0 Å². The van der Waals surface area contributed by atoms with Crippen LogP contribution in [0.15, 0.2) is 54.2 Å². The standard InChI is InChI=1S/C21H21N3O6/c1-29-12-4-11-23-20(25)18(14-7-9-16(10-8-14)24(27)28)19(21(23)26)22-15-5-3-6-17(13-15)30-2/h3,5-10,13,22H,4,11-12H2,1-2H3. The first-order valence-electron chi connectivity index (χ1n) is 9.21. The second-order valence-corrected chi connectivity index (χ2v) is 6.52. The van der Waals surface area contributed by atoms with Gasteiger partial charge in [0.15, 0.2) is 0 Å². The summed E-state index contributed by atoms with van der Waals surface area (Å²) in [7, 11) is 3.08. The van der Waals surface area contributed by atoms with E-state index < -0.39 is 16.7 Å². The maximum Gasteiger partial charge on any atom is 0.278 e. The maximum absolute atomic E-state index is 13.1. The molecule has 2 amide bonds. The molecule has 3 rings (SSSR count). The first-order chi connectivity index (χ1) is 14.5. The minimum absolute atomic E-state index is 0.102. The van der Waals surface area contributed by atoms with Crippen molar-refractivity contribution in [2.45, 2.75) is 6.42 Å². The van der Waals surface area contributed by atoms with Gasteiger partial charge in [-0.2, -0.15) is 0 Å². The molecule has 2 aromatic rings. The van der Waals surface area contributed by atoms with Crippen LogP contribution in [0.5, 0.6) is 5.75 Å². The molecule has 0 aromatic heterocycles. The number of non-ortho nitro benzene ring substituents is 1. The quantitative estimate of drug-likeness (QED) is 0.292. The molecule has 1 heterocycles. The number of nitrogens with zero attached hydrogens (tertiary/aromatic N) is 2. The number of rotatable bonds is 9. The number of carbonyl (C=O) groups is 2. The van der Waals surface area contributed by atoms with Crippen molar-refractivity contribution in [2.75, 3.05) is 32.7 Å². The monoisotopic (exact) mass is 411 g/mol. The summed E-state index contributed by atoms with van der Waals surface area (Å²) < 4.78 is 10.2. The van der Waals surface area contributed by atoms with E-state index in [-0.39, 0.29) is 23.5 Å². The molecule has 0 fully saturated rings. The summed E-state index contributed by atoms with van der Waals surface area (Å²) in [4.78, 5) is 37.7. The lowest BCUT2D eigenvalue weighted by molar-refractivity contribution is -0.384. The van der Waals surface area contributed by atoms with Gasteiger partial charge in [0, 0.05) is 44.1 Å². The highest BCUT2D eigenvalue weighted by atomic mass is 16.6. The van der Waals surface area contributed by atoms with E-state index in [1.165, 1.54) is 31.4 Å². The van der Waals surface area contributed by atoms with E-state index in [0.29, 0.717) is 30.0 Å². The molecular weight excluding hydrogens is 390 g/mol. The normalized spacial score (nSPS) is 13.7. The molecule has 0 spiro atoms. The van der Waals surface area contributed by atoms with Gasteiger partial charge < -0.3 is 14.8 Å². The van der Waals surface area contributed by atoms with Crippen LogP contribution in [0.3, 0.4) is 0 Å². The van der Waals surface area contributed by atoms with Gasteiger partial charge in [0.25, 0.3) is 17.5 Å². The van der Waals surface area contributed by atoms with Crippen LogP contribution in [0.25, 0.3) is 5.57 Å². The number of anilines is 1. The van der Waals surface area contributed by atoms with Gasteiger partial charge in [-0.3, -0.25) is 24.6 Å². The Balaban J connectivity index is 2.00. The zero-order valence-electron chi connectivity index (χ0n) is 16.6. The fourth-order valence-electron chi connectivity index (χ4n) is 3.12. The minimum Gasteiger partial charge on any atom is -0.497 e. The molecule has 0 atom stereocenters. The molecule has 0 saturated heterocycles. The summed E-state index contributed by atoms with van der Waals surface area (Å²) in [6, 6.07) is 12.5. The molecule has 2 aromatic carbocycles. The van der Waals surface area contributed by atoms with Gasteiger partial charge in [-0.05, 0) is 36.2 Å². The van der Waals surface area contributed by atoms with Crippen molar-refractivity contribution < 1.29 is 24.0 Å². The zero-order chi connectivity index (χ0) is 21.7. The second-order valence-electron chi connectivity index (χ2n) is 6.52. The van der Waals surface area contributed by atoms with Crippen molar-refractivity contribution in [1.82, 2.24) is 4.90 Å². The molecule has 1 aliphatic rings. The Hall–Kier alpha value is -3.72. The van der Waals surface area contributed by atoms with Crippen LogP contribution in [-0.4, -0.2) is 49.0 Å². The predicted molar refractivity (Wildman–Crippen MR) is 110 cm³/mol. The molecule has 9 nitrogen and oxygen atoms in total. The van der Waals surface area contributed by atoms with Crippen molar-refractivity contribution >= 4 is 28.8 Å².